The van der Waals surface area contributed by atoms with Crippen LogP contribution in [0.25, 0.3) is 0 Å². The summed E-state index contributed by atoms with van der Waals surface area (Å²) in [4.78, 5) is 11.4. The maximum absolute atomic E-state index is 11.4. The van der Waals surface area contributed by atoms with E-state index in [9.17, 15) is 4.79 Å². The second-order valence-electron chi connectivity index (χ2n) is 3.43. The minimum absolute atomic E-state index is 0.110. The summed E-state index contributed by atoms with van der Waals surface area (Å²) >= 11 is 0. The predicted octanol–water partition coefficient (Wildman–Crippen LogP) is 1.01. The zero-order chi connectivity index (χ0) is 11.8. The summed E-state index contributed by atoms with van der Waals surface area (Å²) in [7, 11) is 0. The van der Waals surface area contributed by atoms with E-state index in [1.165, 1.54) is 0 Å². The molecular formula is C11H15NO4. The van der Waals surface area contributed by atoms with Gasteiger partial charge in [-0.15, -0.1) is 0 Å². The van der Waals surface area contributed by atoms with Crippen LogP contribution in [-0.2, 0) is 19.0 Å². The van der Waals surface area contributed by atoms with E-state index in [0.29, 0.717) is 26.4 Å². The van der Waals surface area contributed by atoms with Gasteiger partial charge in [0.25, 0.3) is 0 Å². The van der Waals surface area contributed by atoms with Crippen LogP contribution >= 0.6 is 0 Å². The highest BCUT2D eigenvalue weighted by Gasteiger charge is 2.19. The average Bonchev–Trinajstić information content (AvgIpc) is 2.80. The molecule has 1 aliphatic rings. The Balaban J connectivity index is 2.34. The topological polar surface area (TPSA) is 68.5 Å². The molecule has 0 aromatic carbocycles. The highest BCUT2D eigenvalue weighted by molar-refractivity contribution is 5.92. The van der Waals surface area contributed by atoms with Crippen LogP contribution in [0.5, 0.6) is 0 Å². The highest BCUT2D eigenvalue weighted by Crippen LogP contribution is 2.13. The Morgan fingerprint density at radius 3 is 3.06 bits per heavy atom. The van der Waals surface area contributed by atoms with E-state index in [1.807, 2.05) is 0 Å². The van der Waals surface area contributed by atoms with Gasteiger partial charge in [0.2, 0.25) is 0 Å². The van der Waals surface area contributed by atoms with E-state index in [2.05, 4.69) is 0 Å². The Bertz CT molecular complexity index is 300. The van der Waals surface area contributed by atoms with Crippen molar-refractivity contribution in [1.82, 2.24) is 0 Å². The first-order chi connectivity index (χ1) is 7.77. The van der Waals surface area contributed by atoms with Crippen molar-refractivity contribution < 1.29 is 19.0 Å². The number of nitrogens with zero attached hydrogens (tertiary/aromatic N) is 1. The summed E-state index contributed by atoms with van der Waals surface area (Å²) in [6.07, 6.45) is 2.03. The van der Waals surface area contributed by atoms with Crippen LogP contribution in [-0.4, -0.2) is 32.4 Å². The fourth-order valence-corrected chi connectivity index (χ4v) is 1.27. The fourth-order valence-electron chi connectivity index (χ4n) is 1.27. The summed E-state index contributed by atoms with van der Waals surface area (Å²) in [6.45, 7) is 3.80. The van der Waals surface area contributed by atoms with Crippen molar-refractivity contribution in [2.24, 2.45) is 5.92 Å². The minimum Gasteiger partial charge on any atom is -0.500 e. The van der Waals surface area contributed by atoms with Gasteiger partial charge in [0.05, 0.1) is 19.8 Å². The van der Waals surface area contributed by atoms with Crippen LogP contribution in [0.2, 0.25) is 0 Å². The molecule has 1 atom stereocenters. The lowest BCUT2D eigenvalue weighted by Gasteiger charge is -2.07. The van der Waals surface area contributed by atoms with Crippen LogP contribution in [0.1, 0.15) is 13.3 Å². The molecule has 5 nitrogen and oxygen atoms in total. The molecule has 0 amide bonds. The molecule has 88 valence electrons. The summed E-state index contributed by atoms with van der Waals surface area (Å²) in [5.74, 6) is -0.390. The summed E-state index contributed by atoms with van der Waals surface area (Å²) in [6, 6.07) is 1.74. The van der Waals surface area contributed by atoms with Gasteiger partial charge in [0.15, 0.2) is 5.57 Å². The molecule has 1 fully saturated rings. The Morgan fingerprint density at radius 2 is 2.50 bits per heavy atom. The van der Waals surface area contributed by atoms with E-state index < -0.39 is 5.97 Å². The molecule has 0 aromatic heterocycles. The van der Waals surface area contributed by atoms with Crippen LogP contribution in [0.15, 0.2) is 11.8 Å². The number of carbonyl (C=O) groups is 1. The number of hydrogen-bond acceptors (Lipinski definition) is 5. The lowest BCUT2D eigenvalue weighted by molar-refractivity contribution is -0.140. The van der Waals surface area contributed by atoms with Gasteiger partial charge in [0, 0.05) is 12.5 Å². The Hall–Kier alpha value is -1.54. The first kappa shape index (κ1) is 12.5. The van der Waals surface area contributed by atoms with Crippen LogP contribution in [0.4, 0.5) is 0 Å². The maximum atomic E-state index is 11.4. The van der Waals surface area contributed by atoms with Crippen LogP contribution in [0.3, 0.4) is 0 Å². The number of carbonyl (C=O) groups excluding carboxylic acids is 1. The average molecular weight is 225 g/mol. The first-order valence-corrected chi connectivity index (χ1v) is 5.24. The smallest absolute Gasteiger partial charge is 0.352 e. The van der Waals surface area contributed by atoms with Crippen molar-refractivity contribution in [3.63, 3.8) is 0 Å². The van der Waals surface area contributed by atoms with Crippen LogP contribution < -0.4 is 0 Å². The van der Waals surface area contributed by atoms with Gasteiger partial charge >= 0.3 is 5.97 Å². The van der Waals surface area contributed by atoms with Gasteiger partial charge in [-0.3, -0.25) is 0 Å². The van der Waals surface area contributed by atoms with Gasteiger partial charge in [0.1, 0.15) is 12.3 Å². The number of ether oxygens (including phenoxy) is 3. The van der Waals surface area contributed by atoms with Crippen molar-refractivity contribution in [3.05, 3.63) is 11.8 Å². The van der Waals surface area contributed by atoms with E-state index in [1.54, 1.807) is 13.0 Å². The normalized spacial score (nSPS) is 20.2. The summed E-state index contributed by atoms with van der Waals surface area (Å²) < 4.78 is 15.0. The fraction of sp³-hybridized carbons (Fsp3) is 0.636. The molecule has 0 aromatic rings. The summed E-state index contributed by atoms with van der Waals surface area (Å²) in [5.41, 5.74) is -0.110. The van der Waals surface area contributed by atoms with Gasteiger partial charge < -0.3 is 14.2 Å². The molecule has 0 aliphatic carbocycles. The van der Waals surface area contributed by atoms with Gasteiger partial charge in [-0.05, 0) is 13.3 Å². The zero-order valence-electron chi connectivity index (χ0n) is 9.27. The molecule has 5 heteroatoms. The first-order valence-electron chi connectivity index (χ1n) is 5.24. The highest BCUT2D eigenvalue weighted by atomic mass is 16.5. The third kappa shape index (κ3) is 3.91. The van der Waals surface area contributed by atoms with Gasteiger partial charge in [-0.25, -0.2) is 4.79 Å². The second kappa shape index (κ2) is 6.85. The minimum atomic E-state index is -0.636. The van der Waals surface area contributed by atoms with Gasteiger partial charge in [-0.1, -0.05) is 0 Å². The lowest BCUT2D eigenvalue weighted by atomic mass is 10.1. The van der Waals surface area contributed by atoms with E-state index in [4.69, 9.17) is 19.5 Å². The molecule has 0 radical (unpaired) electrons. The van der Waals surface area contributed by atoms with Crippen molar-refractivity contribution >= 4 is 5.97 Å². The van der Waals surface area contributed by atoms with Crippen molar-refractivity contribution in [2.45, 2.75) is 13.3 Å². The van der Waals surface area contributed by atoms with Crippen LogP contribution in [0, 0.1) is 17.2 Å². The molecule has 1 aliphatic heterocycles. The lowest BCUT2D eigenvalue weighted by Crippen LogP contribution is -2.15. The Labute approximate surface area is 94.6 Å². The molecule has 16 heavy (non-hydrogen) atoms. The van der Waals surface area contributed by atoms with Crippen molar-refractivity contribution in [2.75, 3.05) is 26.4 Å². The van der Waals surface area contributed by atoms with Gasteiger partial charge in [-0.2, -0.15) is 5.26 Å². The Kier molecular flexibility index (Phi) is 5.37. The molecule has 0 saturated carbocycles. The molecule has 0 bridgehead atoms. The standard InChI is InChI=1S/C11H15NO4/c1-2-14-8-10(5-12)11(13)16-7-9-3-4-15-6-9/h8-9H,2-4,6-7H2,1H3. The zero-order valence-corrected chi connectivity index (χ0v) is 9.27. The second-order valence-corrected chi connectivity index (χ2v) is 3.43. The third-order valence-electron chi connectivity index (χ3n) is 2.18. The monoisotopic (exact) mass is 225 g/mol. The van der Waals surface area contributed by atoms with Crippen molar-refractivity contribution in [1.29, 1.82) is 5.26 Å². The molecule has 1 heterocycles. The van der Waals surface area contributed by atoms with E-state index in [-0.39, 0.29) is 11.5 Å². The van der Waals surface area contributed by atoms with E-state index >= 15 is 0 Å². The maximum Gasteiger partial charge on any atom is 0.352 e. The number of hydrogen-bond donors (Lipinski definition) is 0. The number of esters is 1. The SMILES string of the molecule is CCOC=C(C#N)C(=O)OCC1CCOC1. The largest absolute Gasteiger partial charge is 0.500 e. The molecule has 1 rings (SSSR count). The molecule has 1 saturated heterocycles. The van der Waals surface area contributed by atoms with Crippen molar-refractivity contribution in [3.8, 4) is 6.07 Å². The Morgan fingerprint density at radius 1 is 1.69 bits per heavy atom. The quantitative estimate of drug-likeness (QED) is 0.302. The van der Waals surface area contributed by atoms with E-state index in [0.717, 1.165) is 12.7 Å². The third-order valence-corrected chi connectivity index (χ3v) is 2.18. The molecule has 0 spiro atoms. The molecule has 1 unspecified atom stereocenters. The molecular weight excluding hydrogens is 210 g/mol. The number of rotatable bonds is 5. The number of nitriles is 1. The summed E-state index contributed by atoms with van der Waals surface area (Å²) in [5, 5.41) is 8.69. The molecule has 0 N–H and O–H groups in total. The predicted molar refractivity (Wildman–Crippen MR) is 55.2 cm³/mol.